The van der Waals surface area contributed by atoms with E-state index >= 15 is 0 Å². The van der Waals surface area contributed by atoms with E-state index in [0.717, 1.165) is 6.42 Å². The maximum atomic E-state index is 11.9. The number of carbonyl (C=O) groups is 1. The summed E-state index contributed by atoms with van der Waals surface area (Å²) in [5.74, 6) is 0.501. The molecular weight excluding hydrogens is 240 g/mol. The number of allylic oxidation sites excluding steroid dienone is 1. The second-order valence-corrected chi connectivity index (χ2v) is 4.72. The van der Waals surface area contributed by atoms with Crippen molar-refractivity contribution in [2.45, 2.75) is 25.7 Å². The van der Waals surface area contributed by atoms with Crippen LogP contribution < -0.4 is 15.8 Å². The van der Waals surface area contributed by atoms with Crippen LogP contribution in [0.15, 0.2) is 29.8 Å². The molecule has 1 amide bonds. The molecule has 0 bridgehead atoms. The zero-order chi connectivity index (χ0) is 13.7. The van der Waals surface area contributed by atoms with Gasteiger partial charge in [-0.2, -0.15) is 0 Å². The highest BCUT2D eigenvalue weighted by molar-refractivity contribution is 5.95. The third-order valence-electron chi connectivity index (χ3n) is 3.36. The Morgan fingerprint density at radius 1 is 1.47 bits per heavy atom. The molecule has 0 atom stereocenters. The molecule has 1 aromatic rings. The van der Waals surface area contributed by atoms with Crippen LogP contribution in [0.2, 0.25) is 0 Å². The average molecular weight is 260 g/mol. The largest absolute Gasteiger partial charge is 0.495 e. The number of amides is 1. The molecule has 0 saturated carbocycles. The number of hydrogen-bond acceptors (Lipinski definition) is 3. The van der Waals surface area contributed by atoms with Gasteiger partial charge in [0.1, 0.15) is 5.75 Å². The molecule has 0 radical (unpaired) electrons. The van der Waals surface area contributed by atoms with E-state index in [9.17, 15) is 4.79 Å². The van der Waals surface area contributed by atoms with Crippen molar-refractivity contribution < 1.29 is 9.53 Å². The molecule has 4 heteroatoms. The molecule has 2 rings (SSSR count). The number of hydrogen-bond donors (Lipinski definition) is 2. The van der Waals surface area contributed by atoms with Crippen molar-refractivity contribution in [3.63, 3.8) is 0 Å². The smallest absolute Gasteiger partial charge is 0.251 e. The summed E-state index contributed by atoms with van der Waals surface area (Å²) in [5, 5.41) is 2.91. The maximum absolute atomic E-state index is 11.9. The van der Waals surface area contributed by atoms with E-state index in [4.69, 9.17) is 10.5 Å². The minimum Gasteiger partial charge on any atom is -0.495 e. The van der Waals surface area contributed by atoms with E-state index in [1.807, 2.05) is 0 Å². The highest BCUT2D eigenvalue weighted by Crippen LogP contribution is 2.22. The third kappa shape index (κ3) is 3.50. The lowest BCUT2D eigenvalue weighted by Gasteiger charge is -2.08. The number of nitrogen functional groups attached to an aromatic ring is 1. The molecule has 102 valence electrons. The van der Waals surface area contributed by atoms with Crippen molar-refractivity contribution in [1.82, 2.24) is 5.32 Å². The van der Waals surface area contributed by atoms with Crippen LogP contribution in [0.25, 0.3) is 0 Å². The van der Waals surface area contributed by atoms with Crippen LogP contribution in [0.4, 0.5) is 5.69 Å². The van der Waals surface area contributed by atoms with Crippen molar-refractivity contribution in [2.24, 2.45) is 0 Å². The number of benzene rings is 1. The normalized spacial score (nSPS) is 14.1. The Hall–Kier alpha value is -1.97. The van der Waals surface area contributed by atoms with Crippen molar-refractivity contribution in [3.05, 3.63) is 35.4 Å². The molecule has 3 N–H and O–H groups in total. The number of methoxy groups -OCH3 is 1. The van der Waals surface area contributed by atoms with Crippen LogP contribution in [0.5, 0.6) is 5.75 Å². The predicted octanol–water partition coefficient (Wildman–Crippen LogP) is 2.51. The summed E-state index contributed by atoms with van der Waals surface area (Å²) >= 11 is 0. The quantitative estimate of drug-likeness (QED) is 0.631. The first-order valence-corrected chi connectivity index (χ1v) is 6.60. The number of carbonyl (C=O) groups excluding carboxylic acids is 1. The number of rotatable bonds is 5. The van der Waals surface area contributed by atoms with Crippen LogP contribution in [0.3, 0.4) is 0 Å². The summed E-state index contributed by atoms with van der Waals surface area (Å²) < 4.78 is 5.06. The molecule has 0 fully saturated rings. The van der Waals surface area contributed by atoms with Crippen LogP contribution in [-0.2, 0) is 0 Å². The Morgan fingerprint density at radius 2 is 2.32 bits per heavy atom. The summed E-state index contributed by atoms with van der Waals surface area (Å²) in [7, 11) is 1.56. The van der Waals surface area contributed by atoms with Gasteiger partial charge in [0, 0.05) is 12.1 Å². The van der Waals surface area contributed by atoms with E-state index in [1.165, 1.54) is 24.8 Å². The van der Waals surface area contributed by atoms with E-state index in [-0.39, 0.29) is 5.91 Å². The molecule has 0 spiro atoms. The Labute approximate surface area is 113 Å². The Kier molecular flexibility index (Phi) is 4.44. The molecule has 0 heterocycles. The molecule has 1 aromatic carbocycles. The van der Waals surface area contributed by atoms with Crippen LogP contribution in [-0.4, -0.2) is 19.6 Å². The molecule has 1 aliphatic rings. The van der Waals surface area contributed by atoms with E-state index < -0.39 is 0 Å². The van der Waals surface area contributed by atoms with Gasteiger partial charge >= 0.3 is 0 Å². The summed E-state index contributed by atoms with van der Waals surface area (Å²) in [4.78, 5) is 11.9. The Morgan fingerprint density at radius 3 is 2.95 bits per heavy atom. The summed E-state index contributed by atoms with van der Waals surface area (Å²) in [6.07, 6.45) is 6.82. The third-order valence-corrected chi connectivity index (χ3v) is 3.36. The van der Waals surface area contributed by atoms with Gasteiger partial charge in [-0.25, -0.2) is 0 Å². The fourth-order valence-corrected chi connectivity index (χ4v) is 2.28. The van der Waals surface area contributed by atoms with Gasteiger partial charge in [-0.1, -0.05) is 11.6 Å². The van der Waals surface area contributed by atoms with Crippen molar-refractivity contribution in [1.29, 1.82) is 0 Å². The Balaban J connectivity index is 1.87. The van der Waals surface area contributed by atoms with Gasteiger partial charge in [0.25, 0.3) is 5.91 Å². The molecule has 0 saturated heterocycles. The number of nitrogens with two attached hydrogens (primary N) is 1. The summed E-state index contributed by atoms with van der Waals surface area (Å²) in [6.45, 7) is 0.677. The van der Waals surface area contributed by atoms with Gasteiger partial charge in [0.2, 0.25) is 0 Å². The molecule has 0 aromatic heterocycles. The first-order valence-electron chi connectivity index (χ1n) is 6.60. The monoisotopic (exact) mass is 260 g/mol. The lowest BCUT2D eigenvalue weighted by atomic mass is 10.1. The lowest BCUT2D eigenvalue weighted by Crippen LogP contribution is -2.24. The first-order chi connectivity index (χ1) is 9.20. The van der Waals surface area contributed by atoms with Gasteiger partial charge in [0.05, 0.1) is 12.8 Å². The van der Waals surface area contributed by atoms with Gasteiger partial charge in [0.15, 0.2) is 0 Å². The van der Waals surface area contributed by atoms with Gasteiger partial charge in [-0.05, 0) is 43.9 Å². The van der Waals surface area contributed by atoms with Crippen LogP contribution in [0, 0.1) is 0 Å². The van der Waals surface area contributed by atoms with Gasteiger partial charge in [-0.15, -0.1) is 0 Å². The topological polar surface area (TPSA) is 64.3 Å². The lowest BCUT2D eigenvalue weighted by molar-refractivity contribution is 0.0954. The average Bonchev–Trinajstić information content (AvgIpc) is 2.91. The van der Waals surface area contributed by atoms with Crippen molar-refractivity contribution in [2.75, 3.05) is 19.4 Å². The first kappa shape index (κ1) is 13.5. The van der Waals surface area contributed by atoms with E-state index in [1.54, 1.807) is 25.3 Å². The van der Waals surface area contributed by atoms with Crippen LogP contribution >= 0.6 is 0 Å². The Bertz CT molecular complexity index is 495. The summed E-state index contributed by atoms with van der Waals surface area (Å²) in [5.41, 5.74) is 8.29. The zero-order valence-electron chi connectivity index (χ0n) is 11.2. The van der Waals surface area contributed by atoms with Crippen molar-refractivity contribution >= 4 is 11.6 Å². The number of ether oxygens (including phenoxy) is 1. The highest BCUT2D eigenvalue weighted by Gasteiger charge is 2.09. The SMILES string of the molecule is COc1ccc(C(=O)NCCC2=CCCC2)cc1N. The molecular formula is C15H20N2O2. The second kappa shape index (κ2) is 6.27. The molecule has 0 unspecified atom stereocenters. The zero-order valence-corrected chi connectivity index (χ0v) is 11.2. The summed E-state index contributed by atoms with van der Waals surface area (Å²) in [6, 6.07) is 5.08. The number of anilines is 1. The fourth-order valence-electron chi connectivity index (χ4n) is 2.28. The number of nitrogens with one attached hydrogen (secondary N) is 1. The highest BCUT2D eigenvalue weighted by atomic mass is 16.5. The minimum atomic E-state index is -0.0899. The van der Waals surface area contributed by atoms with Crippen molar-refractivity contribution in [3.8, 4) is 5.75 Å². The molecule has 0 aliphatic heterocycles. The molecule has 1 aliphatic carbocycles. The maximum Gasteiger partial charge on any atom is 0.251 e. The van der Waals surface area contributed by atoms with Crippen LogP contribution in [0.1, 0.15) is 36.0 Å². The fraction of sp³-hybridized carbons (Fsp3) is 0.400. The predicted molar refractivity (Wildman–Crippen MR) is 76.3 cm³/mol. The van der Waals surface area contributed by atoms with Gasteiger partial charge < -0.3 is 15.8 Å². The van der Waals surface area contributed by atoms with E-state index in [2.05, 4.69) is 11.4 Å². The second-order valence-electron chi connectivity index (χ2n) is 4.72. The van der Waals surface area contributed by atoms with E-state index in [0.29, 0.717) is 23.5 Å². The molecule has 19 heavy (non-hydrogen) atoms. The minimum absolute atomic E-state index is 0.0899. The van der Waals surface area contributed by atoms with Gasteiger partial charge in [-0.3, -0.25) is 4.79 Å². The standard InChI is InChI=1S/C15H20N2O2/c1-19-14-7-6-12(10-13(14)16)15(18)17-9-8-11-4-2-3-5-11/h4,6-7,10H,2-3,5,8-9,16H2,1H3,(H,17,18). The molecule has 4 nitrogen and oxygen atoms in total.